The minimum atomic E-state index is -1.07. The highest BCUT2D eigenvalue weighted by Crippen LogP contribution is 2.39. The maximum absolute atomic E-state index is 14.3. The van der Waals surface area contributed by atoms with Gasteiger partial charge in [-0.3, -0.25) is 4.98 Å². The number of halogens is 2. The summed E-state index contributed by atoms with van der Waals surface area (Å²) < 4.78 is 14.3. The van der Waals surface area contributed by atoms with Gasteiger partial charge in [-0.2, -0.15) is 0 Å². The molecule has 0 aliphatic carbocycles. The first-order valence-corrected chi connectivity index (χ1v) is 9.87. The van der Waals surface area contributed by atoms with Crippen LogP contribution in [0.15, 0.2) is 48.3 Å². The second-order valence-electron chi connectivity index (χ2n) is 7.57. The highest BCUT2D eigenvalue weighted by Gasteiger charge is 2.27. The zero-order valence-electron chi connectivity index (χ0n) is 17.4. The van der Waals surface area contributed by atoms with Gasteiger partial charge in [-0.25, -0.2) is 4.39 Å². The second-order valence-corrected chi connectivity index (χ2v) is 8.00. The van der Waals surface area contributed by atoms with Gasteiger partial charge in [0.2, 0.25) is 0 Å². The Morgan fingerprint density at radius 1 is 1.34 bits per heavy atom. The van der Waals surface area contributed by atoms with Crippen molar-refractivity contribution in [3.05, 3.63) is 70.3 Å². The van der Waals surface area contributed by atoms with Gasteiger partial charge in [0, 0.05) is 28.6 Å². The third kappa shape index (κ3) is 7.53. The molecular weight excluding hydrogens is 389 g/mol. The van der Waals surface area contributed by atoms with E-state index in [0.29, 0.717) is 17.6 Å². The Morgan fingerprint density at radius 2 is 2.00 bits per heavy atom. The van der Waals surface area contributed by atoms with Gasteiger partial charge in [-0.1, -0.05) is 44.9 Å². The van der Waals surface area contributed by atoms with Crippen LogP contribution in [-0.4, -0.2) is 15.2 Å². The molecule has 0 bridgehead atoms. The van der Waals surface area contributed by atoms with Crippen molar-refractivity contribution in [1.82, 2.24) is 4.98 Å². The fourth-order valence-electron chi connectivity index (χ4n) is 3.18. The maximum atomic E-state index is 14.3. The number of aromatic nitrogens is 1. The van der Waals surface area contributed by atoms with E-state index in [1.165, 1.54) is 12.1 Å². The van der Waals surface area contributed by atoms with Crippen LogP contribution in [-0.2, 0) is 0 Å². The molecule has 2 N–H and O–H groups in total. The van der Waals surface area contributed by atoms with Gasteiger partial charge in [0.25, 0.3) is 0 Å². The molecule has 0 fully saturated rings. The Morgan fingerprint density at radius 3 is 2.52 bits per heavy atom. The van der Waals surface area contributed by atoms with E-state index in [-0.39, 0.29) is 21.8 Å². The van der Waals surface area contributed by atoms with Crippen LogP contribution in [0.4, 0.5) is 4.39 Å². The van der Waals surface area contributed by atoms with E-state index in [1.54, 1.807) is 31.5 Å². The predicted molar refractivity (Wildman–Crippen MR) is 118 cm³/mol. The summed E-state index contributed by atoms with van der Waals surface area (Å²) in [7, 11) is 0. The van der Waals surface area contributed by atoms with Crippen LogP contribution in [0, 0.1) is 23.6 Å². The van der Waals surface area contributed by atoms with E-state index in [0.717, 1.165) is 18.9 Å². The quantitative estimate of drug-likeness (QED) is 0.387. The van der Waals surface area contributed by atoms with Crippen molar-refractivity contribution in [2.24, 2.45) is 5.41 Å². The minimum absolute atomic E-state index is 0.0274. The second kappa shape index (κ2) is 11.6. The van der Waals surface area contributed by atoms with Gasteiger partial charge < -0.3 is 10.2 Å². The van der Waals surface area contributed by atoms with Crippen molar-refractivity contribution in [2.75, 3.05) is 0 Å². The van der Waals surface area contributed by atoms with Crippen LogP contribution in [0.2, 0.25) is 5.02 Å². The van der Waals surface area contributed by atoms with E-state index in [9.17, 15) is 14.6 Å². The molecule has 1 atom stereocenters. The molecule has 1 heterocycles. The van der Waals surface area contributed by atoms with Gasteiger partial charge in [0.15, 0.2) is 0 Å². The largest absolute Gasteiger partial charge is 0.507 e. The molecular formula is C24H29ClFNO2. The lowest BCUT2D eigenvalue weighted by Crippen LogP contribution is -2.17. The molecule has 0 spiro atoms. The molecule has 3 nitrogen and oxygen atoms in total. The van der Waals surface area contributed by atoms with Gasteiger partial charge in [-0.05, 0) is 49.4 Å². The van der Waals surface area contributed by atoms with Crippen LogP contribution in [0.25, 0.3) is 5.76 Å². The number of aliphatic hydroxyl groups excluding tert-OH is 2. The number of terminal acetylenes is 1. The number of nitrogens with zero attached hydrogens (tertiary/aromatic N) is 1. The predicted octanol–water partition coefficient (Wildman–Crippen LogP) is 6.73. The average Bonchev–Trinajstić information content (AvgIpc) is 2.66. The summed E-state index contributed by atoms with van der Waals surface area (Å²) in [4.78, 5) is 4.03. The van der Waals surface area contributed by atoms with E-state index in [1.807, 2.05) is 0 Å². The molecule has 1 aromatic heterocycles. The van der Waals surface area contributed by atoms with E-state index in [4.69, 9.17) is 11.6 Å². The number of hydrogen-bond acceptors (Lipinski definition) is 3. The van der Waals surface area contributed by atoms with Crippen LogP contribution in [0.1, 0.15) is 64.2 Å². The molecule has 2 rings (SSSR count). The Kier molecular flexibility index (Phi) is 9.88. The highest BCUT2D eigenvalue weighted by molar-refractivity contribution is 6.30. The van der Waals surface area contributed by atoms with Crippen molar-refractivity contribution in [3.8, 4) is 12.3 Å². The lowest BCUT2D eigenvalue weighted by molar-refractivity contribution is 0.191. The summed E-state index contributed by atoms with van der Waals surface area (Å²) in [6.07, 6.45) is 8.98. The number of hydrogen-bond donors (Lipinski definition) is 2. The summed E-state index contributed by atoms with van der Waals surface area (Å²) in [5.41, 5.74) is 0.789. The molecule has 0 amide bonds. The third-order valence-corrected chi connectivity index (χ3v) is 4.65. The summed E-state index contributed by atoms with van der Waals surface area (Å²) in [6, 6.07) is 7.54. The molecule has 5 heteroatoms. The van der Waals surface area contributed by atoms with Gasteiger partial charge >= 0.3 is 0 Å². The van der Waals surface area contributed by atoms with Crippen LogP contribution < -0.4 is 0 Å². The van der Waals surface area contributed by atoms with Gasteiger partial charge in [-0.15, -0.1) is 12.3 Å². The zero-order chi connectivity index (χ0) is 22.0. The number of pyridine rings is 1. The summed E-state index contributed by atoms with van der Waals surface area (Å²) in [6.45, 7) is 7.87. The third-order valence-electron chi connectivity index (χ3n) is 4.42. The monoisotopic (exact) mass is 417 g/mol. The normalized spacial score (nSPS) is 12.9. The number of benzene rings is 1. The Hall–Kier alpha value is -2.35. The van der Waals surface area contributed by atoms with Crippen LogP contribution >= 0.6 is 11.6 Å². The fourth-order valence-corrected chi connectivity index (χ4v) is 3.34. The Labute approximate surface area is 178 Å². The minimum Gasteiger partial charge on any atom is -0.507 e. The fraction of sp³-hybridized carbons (Fsp3) is 0.375. The first kappa shape index (κ1) is 24.7. The molecule has 0 radical (unpaired) electrons. The maximum Gasteiger partial charge on any atom is 0.135 e. The summed E-state index contributed by atoms with van der Waals surface area (Å²) in [5.74, 6) is 1.37. The van der Waals surface area contributed by atoms with Crippen LogP contribution in [0.5, 0.6) is 0 Å². The topological polar surface area (TPSA) is 53.4 Å². The summed E-state index contributed by atoms with van der Waals surface area (Å²) >= 11 is 5.81. The van der Waals surface area contributed by atoms with Crippen molar-refractivity contribution < 1.29 is 14.6 Å². The van der Waals surface area contributed by atoms with Crippen molar-refractivity contribution >= 4 is 17.4 Å². The standard InChI is InChI=1S/C21H25ClFNO2.C3H4/c1-4-9-21(2,3)12-17(19(25)14-6-5-10-24-13-14)20(26)16-8-7-15(22)11-18(16)23;1-3-2/h5-8,10-11,13,19,25-26H,4,9,12H2,1-3H3;1H,2H3/b20-17+;. The first-order chi connectivity index (χ1) is 13.7. The Balaban J connectivity index is 0.00000132. The van der Waals surface area contributed by atoms with Crippen molar-refractivity contribution in [2.45, 2.75) is 53.1 Å². The molecule has 0 saturated heterocycles. The molecule has 2 aromatic rings. The SMILES string of the molecule is C#CC.CCCC(C)(C)C/C(=C(\O)c1ccc(Cl)cc1F)C(O)c1cccnc1. The molecule has 0 saturated carbocycles. The summed E-state index contributed by atoms with van der Waals surface area (Å²) in [5, 5.41) is 22.0. The lowest BCUT2D eigenvalue weighted by atomic mass is 9.78. The number of aliphatic hydroxyl groups is 2. The average molecular weight is 418 g/mol. The first-order valence-electron chi connectivity index (χ1n) is 9.49. The number of rotatable bonds is 7. The lowest BCUT2D eigenvalue weighted by Gasteiger charge is -2.28. The molecule has 1 unspecified atom stereocenters. The molecule has 0 aliphatic rings. The van der Waals surface area contributed by atoms with Gasteiger partial charge in [0.1, 0.15) is 17.7 Å². The van der Waals surface area contributed by atoms with Crippen molar-refractivity contribution in [3.63, 3.8) is 0 Å². The smallest absolute Gasteiger partial charge is 0.135 e. The van der Waals surface area contributed by atoms with Crippen LogP contribution in [0.3, 0.4) is 0 Å². The van der Waals surface area contributed by atoms with E-state index in [2.05, 4.69) is 38.1 Å². The van der Waals surface area contributed by atoms with E-state index < -0.39 is 11.9 Å². The van der Waals surface area contributed by atoms with E-state index >= 15 is 0 Å². The van der Waals surface area contributed by atoms with Crippen molar-refractivity contribution in [1.29, 1.82) is 0 Å². The zero-order valence-corrected chi connectivity index (χ0v) is 18.2. The molecule has 0 aliphatic heterocycles. The molecule has 156 valence electrons. The highest BCUT2D eigenvalue weighted by atomic mass is 35.5. The molecule has 29 heavy (non-hydrogen) atoms. The Bertz CT molecular complexity index is 857. The van der Waals surface area contributed by atoms with Gasteiger partial charge in [0.05, 0.1) is 5.56 Å². The molecule has 1 aromatic carbocycles.